The van der Waals surface area contributed by atoms with Gasteiger partial charge < -0.3 is 10.1 Å². The Kier molecular flexibility index (Phi) is 5.92. The first-order valence-electron chi connectivity index (χ1n) is 6.77. The van der Waals surface area contributed by atoms with Crippen molar-refractivity contribution in [3.05, 3.63) is 0 Å². The van der Waals surface area contributed by atoms with Gasteiger partial charge in [0.25, 0.3) is 0 Å². The van der Waals surface area contributed by atoms with Gasteiger partial charge in [0.1, 0.15) is 0 Å². The van der Waals surface area contributed by atoms with Crippen LogP contribution in [0.25, 0.3) is 0 Å². The molecule has 0 radical (unpaired) electrons. The number of ether oxygens (including phenoxy) is 1. The molecule has 0 aliphatic heterocycles. The highest BCUT2D eigenvalue weighted by Crippen LogP contribution is 2.32. The summed E-state index contributed by atoms with van der Waals surface area (Å²) in [4.78, 5) is 0. The summed E-state index contributed by atoms with van der Waals surface area (Å²) in [5, 5.41) is 3.30. The zero-order chi connectivity index (χ0) is 13.6. The van der Waals surface area contributed by atoms with Crippen molar-refractivity contribution in [2.24, 2.45) is 0 Å². The van der Waals surface area contributed by atoms with Crippen LogP contribution < -0.4 is 5.32 Å². The molecule has 0 atom stereocenters. The Morgan fingerprint density at radius 2 is 1.78 bits per heavy atom. The fourth-order valence-corrected chi connectivity index (χ4v) is 2.34. The first kappa shape index (κ1) is 15.8. The number of hydrogen-bond donors (Lipinski definition) is 1. The zero-order valence-electron chi connectivity index (χ0n) is 11.3. The quantitative estimate of drug-likeness (QED) is 0.793. The Labute approximate surface area is 107 Å². The van der Waals surface area contributed by atoms with Gasteiger partial charge in [-0.15, -0.1) is 0 Å². The van der Waals surface area contributed by atoms with Crippen LogP contribution in [-0.2, 0) is 4.74 Å². The smallest absolute Gasteiger partial charge is 0.373 e. The van der Waals surface area contributed by atoms with Crippen LogP contribution >= 0.6 is 0 Å². The molecule has 0 aromatic carbocycles. The molecule has 0 heterocycles. The van der Waals surface area contributed by atoms with E-state index in [1.165, 1.54) is 0 Å². The maximum absolute atomic E-state index is 12.2. The van der Waals surface area contributed by atoms with Crippen LogP contribution in [0, 0.1) is 0 Å². The second-order valence-corrected chi connectivity index (χ2v) is 5.49. The monoisotopic (exact) mass is 267 g/mol. The molecular formula is C13H24F3NO. The van der Waals surface area contributed by atoms with Crippen LogP contribution in [-0.4, -0.2) is 31.0 Å². The van der Waals surface area contributed by atoms with Crippen molar-refractivity contribution >= 4 is 0 Å². The Balaban J connectivity index is 2.44. The van der Waals surface area contributed by atoms with Gasteiger partial charge in [0.05, 0.1) is 18.6 Å². The summed E-state index contributed by atoms with van der Waals surface area (Å²) in [7, 11) is 0. The van der Waals surface area contributed by atoms with E-state index in [2.05, 4.69) is 5.32 Å². The summed E-state index contributed by atoms with van der Waals surface area (Å²) in [6, 6.07) is 0.329. The minimum absolute atomic E-state index is 0.219. The third-order valence-electron chi connectivity index (χ3n) is 3.39. The lowest BCUT2D eigenvalue weighted by molar-refractivity contribution is -0.162. The van der Waals surface area contributed by atoms with Crippen LogP contribution in [0.1, 0.15) is 52.4 Å². The molecule has 5 heteroatoms. The Morgan fingerprint density at radius 3 is 2.28 bits per heavy atom. The molecule has 108 valence electrons. The lowest BCUT2D eigenvalue weighted by Gasteiger charge is -2.38. The molecule has 1 fully saturated rings. The lowest BCUT2D eigenvalue weighted by atomic mass is 9.84. The van der Waals surface area contributed by atoms with Crippen molar-refractivity contribution in [2.45, 2.75) is 70.2 Å². The normalized spacial score (nSPS) is 20.3. The standard InChI is InChI=1S/C13H24F3NO/c1-11(2)17-10-12(6-4-3-5-7-12)18-9-8-13(14,15)16/h11,17H,3-10H2,1-2H3. The largest absolute Gasteiger partial charge is 0.391 e. The van der Waals surface area contributed by atoms with Gasteiger partial charge in [-0.05, 0) is 12.8 Å². The average Bonchev–Trinajstić information content (AvgIpc) is 2.26. The molecule has 1 rings (SSSR count). The van der Waals surface area contributed by atoms with Crippen molar-refractivity contribution in [1.29, 1.82) is 0 Å². The van der Waals surface area contributed by atoms with Crippen molar-refractivity contribution in [2.75, 3.05) is 13.2 Å². The SMILES string of the molecule is CC(C)NCC1(OCCC(F)(F)F)CCCCC1. The molecule has 1 aliphatic carbocycles. The molecule has 0 aromatic rings. The van der Waals surface area contributed by atoms with Crippen molar-refractivity contribution in [1.82, 2.24) is 5.32 Å². The molecule has 0 aromatic heterocycles. The van der Waals surface area contributed by atoms with E-state index in [0.29, 0.717) is 12.6 Å². The Morgan fingerprint density at radius 1 is 1.17 bits per heavy atom. The minimum Gasteiger partial charge on any atom is -0.373 e. The van der Waals surface area contributed by atoms with E-state index in [-0.39, 0.29) is 12.2 Å². The number of hydrogen-bond acceptors (Lipinski definition) is 2. The number of alkyl halides is 3. The number of nitrogens with one attached hydrogen (secondary N) is 1. The third-order valence-corrected chi connectivity index (χ3v) is 3.39. The molecule has 0 bridgehead atoms. The molecule has 0 amide bonds. The van der Waals surface area contributed by atoms with Gasteiger partial charge in [0, 0.05) is 12.6 Å². The number of rotatable bonds is 6. The van der Waals surface area contributed by atoms with E-state index in [4.69, 9.17) is 4.74 Å². The van der Waals surface area contributed by atoms with Gasteiger partial charge >= 0.3 is 6.18 Å². The molecular weight excluding hydrogens is 243 g/mol. The van der Waals surface area contributed by atoms with Crippen molar-refractivity contribution in [3.63, 3.8) is 0 Å². The van der Waals surface area contributed by atoms with E-state index in [1.54, 1.807) is 0 Å². The fourth-order valence-electron chi connectivity index (χ4n) is 2.34. The van der Waals surface area contributed by atoms with E-state index in [9.17, 15) is 13.2 Å². The van der Waals surface area contributed by atoms with Gasteiger partial charge in [-0.2, -0.15) is 13.2 Å². The zero-order valence-corrected chi connectivity index (χ0v) is 11.3. The average molecular weight is 267 g/mol. The highest BCUT2D eigenvalue weighted by Gasteiger charge is 2.35. The van der Waals surface area contributed by atoms with Crippen molar-refractivity contribution in [3.8, 4) is 0 Å². The predicted molar refractivity (Wildman–Crippen MR) is 65.6 cm³/mol. The summed E-state index contributed by atoms with van der Waals surface area (Å²) in [5.74, 6) is 0. The van der Waals surface area contributed by atoms with Crippen LogP contribution in [0.15, 0.2) is 0 Å². The van der Waals surface area contributed by atoms with Gasteiger partial charge in [-0.25, -0.2) is 0 Å². The Hall–Kier alpha value is -0.290. The highest BCUT2D eigenvalue weighted by atomic mass is 19.4. The van der Waals surface area contributed by atoms with Crippen molar-refractivity contribution < 1.29 is 17.9 Å². The summed E-state index contributed by atoms with van der Waals surface area (Å²) in [6.07, 6.45) is 0.0105. The maximum Gasteiger partial charge on any atom is 0.391 e. The molecule has 18 heavy (non-hydrogen) atoms. The van der Waals surface area contributed by atoms with E-state index < -0.39 is 12.6 Å². The number of halogens is 3. The molecule has 2 nitrogen and oxygen atoms in total. The van der Waals surface area contributed by atoms with E-state index >= 15 is 0 Å². The van der Waals surface area contributed by atoms with Crippen LogP contribution in [0.4, 0.5) is 13.2 Å². The van der Waals surface area contributed by atoms with Crippen LogP contribution in [0.2, 0.25) is 0 Å². The Bertz CT molecular complexity index is 235. The first-order valence-corrected chi connectivity index (χ1v) is 6.77. The van der Waals surface area contributed by atoms with Gasteiger partial charge in [-0.1, -0.05) is 33.1 Å². The molecule has 1 N–H and O–H groups in total. The summed E-state index contributed by atoms with van der Waals surface area (Å²) >= 11 is 0. The predicted octanol–water partition coefficient (Wildman–Crippen LogP) is 3.66. The first-order chi connectivity index (χ1) is 8.33. The molecule has 1 aliphatic rings. The third kappa shape index (κ3) is 6.05. The molecule has 1 saturated carbocycles. The van der Waals surface area contributed by atoms with Gasteiger partial charge in [0.2, 0.25) is 0 Å². The van der Waals surface area contributed by atoms with Crippen LogP contribution in [0.5, 0.6) is 0 Å². The highest BCUT2D eigenvalue weighted by molar-refractivity contribution is 4.87. The topological polar surface area (TPSA) is 21.3 Å². The van der Waals surface area contributed by atoms with Gasteiger partial charge in [0.15, 0.2) is 0 Å². The van der Waals surface area contributed by atoms with E-state index in [0.717, 1.165) is 32.1 Å². The fraction of sp³-hybridized carbons (Fsp3) is 1.00. The second-order valence-electron chi connectivity index (χ2n) is 5.49. The van der Waals surface area contributed by atoms with E-state index in [1.807, 2.05) is 13.8 Å². The molecule has 0 saturated heterocycles. The maximum atomic E-state index is 12.2. The molecule has 0 unspecified atom stereocenters. The summed E-state index contributed by atoms with van der Waals surface area (Å²) in [5.41, 5.74) is -0.381. The minimum atomic E-state index is -4.12. The summed E-state index contributed by atoms with van der Waals surface area (Å²) in [6.45, 7) is 4.50. The van der Waals surface area contributed by atoms with Crippen LogP contribution in [0.3, 0.4) is 0 Å². The lowest BCUT2D eigenvalue weighted by Crippen LogP contribution is -2.47. The summed E-state index contributed by atoms with van der Waals surface area (Å²) < 4.78 is 42.1. The van der Waals surface area contributed by atoms with Gasteiger partial charge in [-0.3, -0.25) is 0 Å². The second kappa shape index (κ2) is 6.75. The molecule has 0 spiro atoms.